The lowest BCUT2D eigenvalue weighted by Gasteiger charge is -2.34. The highest BCUT2D eigenvalue weighted by atomic mass is 16.5. The van der Waals surface area contributed by atoms with Gasteiger partial charge in [-0.1, -0.05) is 0 Å². The number of nitrogens with zero attached hydrogens (tertiary/aromatic N) is 4. The fraction of sp³-hybridized carbons (Fsp3) is 0.688. The van der Waals surface area contributed by atoms with Crippen molar-refractivity contribution in [1.82, 2.24) is 9.97 Å². The van der Waals surface area contributed by atoms with Gasteiger partial charge in [-0.25, -0.2) is 4.98 Å². The van der Waals surface area contributed by atoms with E-state index in [0.717, 1.165) is 13.1 Å². The summed E-state index contributed by atoms with van der Waals surface area (Å²) in [7, 11) is 0. The van der Waals surface area contributed by atoms with Gasteiger partial charge in [-0.15, -0.1) is 0 Å². The van der Waals surface area contributed by atoms with Crippen LogP contribution < -0.4 is 9.80 Å². The molecule has 0 aromatic carbocycles. The second-order valence-electron chi connectivity index (χ2n) is 6.54. The molecule has 1 aromatic rings. The smallest absolute Gasteiger partial charge is 0.313 e. The first-order chi connectivity index (χ1) is 11.5. The van der Waals surface area contributed by atoms with Crippen molar-refractivity contribution in [3.05, 3.63) is 11.8 Å². The maximum Gasteiger partial charge on any atom is 0.313 e. The molecule has 2 aliphatic heterocycles. The summed E-state index contributed by atoms with van der Waals surface area (Å²) < 4.78 is 10.8. The van der Waals surface area contributed by atoms with Gasteiger partial charge >= 0.3 is 5.97 Å². The third-order valence-corrected chi connectivity index (χ3v) is 4.57. The molecule has 3 heterocycles. The maximum absolute atomic E-state index is 11.7. The molecule has 0 atom stereocenters. The lowest BCUT2D eigenvalue weighted by Crippen LogP contribution is -2.41. The van der Waals surface area contributed by atoms with Crippen LogP contribution in [-0.2, 0) is 19.7 Å². The fourth-order valence-electron chi connectivity index (χ4n) is 2.85. The molecule has 0 spiro atoms. The van der Waals surface area contributed by atoms with Crippen molar-refractivity contribution < 1.29 is 19.4 Å². The highest BCUT2D eigenvalue weighted by Crippen LogP contribution is 2.32. The van der Waals surface area contributed by atoms with Crippen LogP contribution in [-0.4, -0.2) is 73.7 Å². The Bertz CT molecular complexity index is 596. The fourth-order valence-corrected chi connectivity index (χ4v) is 2.85. The molecule has 24 heavy (non-hydrogen) atoms. The Morgan fingerprint density at radius 3 is 2.17 bits per heavy atom. The summed E-state index contributed by atoms with van der Waals surface area (Å²) in [5.41, 5.74) is -0.425. The maximum atomic E-state index is 11.7. The molecule has 1 N–H and O–H groups in total. The van der Waals surface area contributed by atoms with Crippen molar-refractivity contribution in [2.75, 3.05) is 62.4 Å². The van der Waals surface area contributed by atoms with Crippen LogP contribution in [0.15, 0.2) is 6.20 Å². The number of rotatable bonds is 4. The minimum absolute atomic E-state index is 0.615. The van der Waals surface area contributed by atoms with E-state index in [1.807, 2.05) is 0 Å². The Kier molecular flexibility index (Phi) is 4.86. The Morgan fingerprint density at radius 1 is 1.08 bits per heavy atom. The molecular formula is C16H24N4O4. The van der Waals surface area contributed by atoms with Crippen LogP contribution in [0.5, 0.6) is 0 Å². The van der Waals surface area contributed by atoms with Crippen molar-refractivity contribution in [2.24, 2.45) is 0 Å². The molecule has 8 heteroatoms. The highest BCUT2D eigenvalue weighted by molar-refractivity contribution is 5.82. The number of carbonyl (C=O) groups is 1. The van der Waals surface area contributed by atoms with Crippen molar-refractivity contribution in [3.8, 4) is 0 Å². The second kappa shape index (κ2) is 6.90. The van der Waals surface area contributed by atoms with Crippen LogP contribution in [0.25, 0.3) is 0 Å². The molecule has 0 amide bonds. The summed E-state index contributed by atoms with van der Waals surface area (Å²) in [6.07, 6.45) is 1.66. The number of aliphatic carboxylic acids is 1. The molecular weight excluding hydrogens is 312 g/mol. The molecule has 0 radical (unpaired) electrons. The lowest BCUT2D eigenvalue weighted by atomic mass is 9.85. The van der Waals surface area contributed by atoms with E-state index in [1.165, 1.54) is 0 Å². The predicted molar refractivity (Wildman–Crippen MR) is 88.8 cm³/mol. The van der Waals surface area contributed by atoms with E-state index >= 15 is 0 Å². The van der Waals surface area contributed by atoms with Crippen molar-refractivity contribution >= 4 is 17.7 Å². The molecule has 132 valence electrons. The Labute approximate surface area is 141 Å². The second-order valence-corrected chi connectivity index (χ2v) is 6.54. The summed E-state index contributed by atoms with van der Waals surface area (Å²) >= 11 is 0. The zero-order chi connectivity index (χ0) is 17.2. The highest BCUT2D eigenvalue weighted by Gasteiger charge is 2.35. The van der Waals surface area contributed by atoms with E-state index in [1.54, 1.807) is 20.0 Å². The zero-order valence-corrected chi connectivity index (χ0v) is 14.2. The molecule has 0 saturated carbocycles. The first kappa shape index (κ1) is 16.9. The molecule has 0 unspecified atom stereocenters. The van der Waals surface area contributed by atoms with Gasteiger partial charge in [0.1, 0.15) is 5.82 Å². The normalized spacial score (nSPS) is 19.4. The van der Waals surface area contributed by atoms with E-state index in [2.05, 4.69) is 14.8 Å². The number of carboxylic acids is 1. The average molecular weight is 336 g/mol. The van der Waals surface area contributed by atoms with Crippen LogP contribution in [0.3, 0.4) is 0 Å². The van der Waals surface area contributed by atoms with Crippen LogP contribution in [0.4, 0.5) is 11.8 Å². The third-order valence-electron chi connectivity index (χ3n) is 4.57. The Morgan fingerprint density at radius 2 is 1.62 bits per heavy atom. The summed E-state index contributed by atoms with van der Waals surface area (Å²) in [5, 5.41) is 9.61. The van der Waals surface area contributed by atoms with Gasteiger partial charge in [-0.3, -0.25) is 4.79 Å². The van der Waals surface area contributed by atoms with E-state index < -0.39 is 11.4 Å². The van der Waals surface area contributed by atoms with Crippen LogP contribution in [0.2, 0.25) is 0 Å². The number of hydrogen-bond acceptors (Lipinski definition) is 7. The van der Waals surface area contributed by atoms with Gasteiger partial charge in [0.05, 0.1) is 31.8 Å². The first-order valence-corrected chi connectivity index (χ1v) is 8.26. The molecule has 0 bridgehead atoms. The van der Waals surface area contributed by atoms with Gasteiger partial charge in [0.25, 0.3) is 0 Å². The zero-order valence-electron chi connectivity index (χ0n) is 14.2. The monoisotopic (exact) mass is 336 g/mol. The van der Waals surface area contributed by atoms with Crippen LogP contribution in [0.1, 0.15) is 19.4 Å². The van der Waals surface area contributed by atoms with Crippen LogP contribution >= 0.6 is 0 Å². The topological polar surface area (TPSA) is 88.0 Å². The number of morpholine rings is 2. The van der Waals surface area contributed by atoms with Gasteiger partial charge in [-0.05, 0) is 13.8 Å². The van der Waals surface area contributed by atoms with E-state index in [0.29, 0.717) is 56.8 Å². The Hall–Kier alpha value is -1.93. The summed E-state index contributed by atoms with van der Waals surface area (Å²) in [5.74, 6) is 0.437. The average Bonchev–Trinajstić information content (AvgIpc) is 2.62. The Balaban J connectivity index is 1.99. The molecule has 2 saturated heterocycles. The number of carboxylic acid groups (broad SMARTS) is 1. The minimum Gasteiger partial charge on any atom is -0.481 e. The van der Waals surface area contributed by atoms with Crippen LogP contribution in [0, 0.1) is 0 Å². The van der Waals surface area contributed by atoms with Crippen molar-refractivity contribution in [3.63, 3.8) is 0 Å². The summed E-state index contributed by atoms with van der Waals surface area (Å²) in [4.78, 5) is 25.1. The van der Waals surface area contributed by atoms with E-state index in [9.17, 15) is 9.90 Å². The molecule has 2 aliphatic rings. The van der Waals surface area contributed by atoms with E-state index in [4.69, 9.17) is 14.5 Å². The standard InChI is InChI=1S/C16H24N4O4/c1-16(2,14(21)22)12-11-17-15(20-5-9-24-10-6-20)18-13(12)19-3-7-23-8-4-19/h11H,3-10H2,1-2H3,(H,21,22). The first-order valence-electron chi connectivity index (χ1n) is 8.26. The summed E-state index contributed by atoms with van der Waals surface area (Å²) in [6.45, 7) is 8.78. The molecule has 3 rings (SSSR count). The van der Waals surface area contributed by atoms with Gasteiger partial charge < -0.3 is 24.4 Å². The molecule has 1 aromatic heterocycles. The predicted octanol–water partition coefficient (Wildman–Crippen LogP) is 0.512. The summed E-state index contributed by atoms with van der Waals surface area (Å²) in [6, 6.07) is 0. The quantitative estimate of drug-likeness (QED) is 0.851. The minimum atomic E-state index is -1.06. The van der Waals surface area contributed by atoms with Gasteiger partial charge in [-0.2, -0.15) is 4.98 Å². The number of anilines is 2. The third kappa shape index (κ3) is 3.29. The van der Waals surface area contributed by atoms with Crippen molar-refractivity contribution in [2.45, 2.75) is 19.3 Å². The molecule has 2 fully saturated rings. The largest absolute Gasteiger partial charge is 0.481 e. The van der Waals surface area contributed by atoms with Gasteiger partial charge in [0.2, 0.25) is 5.95 Å². The number of ether oxygens (including phenoxy) is 2. The lowest BCUT2D eigenvalue weighted by molar-refractivity contribution is -0.142. The van der Waals surface area contributed by atoms with Crippen molar-refractivity contribution in [1.29, 1.82) is 0 Å². The van der Waals surface area contributed by atoms with Gasteiger partial charge in [0, 0.05) is 37.9 Å². The van der Waals surface area contributed by atoms with E-state index in [-0.39, 0.29) is 0 Å². The molecule has 0 aliphatic carbocycles. The SMILES string of the molecule is CC(C)(C(=O)O)c1cnc(N2CCOCC2)nc1N1CCOCC1. The number of aromatic nitrogens is 2. The number of hydrogen-bond donors (Lipinski definition) is 1. The van der Waals surface area contributed by atoms with Gasteiger partial charge in [0.15, 0.2) is 0 Å². The molecule has 8 nitrogen and oxygen atoms in total.